The molecule has 3 heterocycles. The molecule has 0 fully saturated rings. The Bertz CT molecular complexity index is 1520. The van der Waals surface area contributed by atoms with E-state index in [4.69, 9.17) is 14.7 Å². The molecule has 0 aliphatic rings. The lowest BCUT2D eigenvalue weighted by Gasteiger charge is -2.24. The number of nitrogens with zero attached hydrogens (tertiary/aromatic N) is 2. The highest BCUT2D eigenvalue weighted by molar-refractivity contribution is 7.27. The van der Waals surface area contributed by atoms with Crippen LogP contribution in [0, 0.1) is 11.3 Å². The smallest absolute Gasteiger partial charge is 0.119 e. The summed E-state index contributed by atoms with van der Waals surface area (Å²) in [5.41, 5.74) is 2.82. The van der Waals surface area contributed by atoms with Crippen LogP contribution >= 0.6 is 34.0 Å². The second-order valence-electron chi connectivity index (χ2n) is 8.17. The van der Waals surface area contributed by atoms with Gasteiger partial charge in [0.05, 0.1) is 20.3 Å². The first-order chi connectivity index (χ1) is 18.1. The van der Waals surface area contributed by atoms with E-state index in [0.29, 0.717) is 5.57 Å². The second kappa shape index (κ2) is 11.1. The molecule has 0 unspecified atom stereocenters. The van der Waals surface area contributed by atoms with Gasteiger partial charge in [0.15, 0.2) is 0 Å². The summed E-state index contributed by atoms with van der Waals surface area (Å²) in [7, 11) is 3.36. The molecule has 0 aliphatic heterocycles. The Labute approximate surface area is 228 Å². The molecular weight excluding hydrogens is 517 g/mol. The lowest BCUT2D eigenvalue weighted by molar-refractivity contribution is 0.415. The summed E-state index contributed by atoms with van der Waals surface area (Å²) in [4.78, 5) is 8.23. The molecule has 37 heavy (non-hydrogen) atoms. The molecule has 7 heteroatoms. The molecule has 5 rings (SSSR count). The molecule has 0 radical (unpaired) electrons. The third-order valence-corrected chi connectivity index (χ3v) is 9.31. The number of nitriles is 1. The monoisotopic (exact) mass is 540 g/mol. The van der Waals surface area contributed by atoms with Crippen LogP contribution in [0.1, 0.15) is 11.8 Å². The van der Waals surface area contributed by atoms with Crippen LogP contribution < -0.4 is 14.4 Å². The summed E-state index contributed by atoms with van der Waals surface area (Å²) >= 11 is 5.25. The van der Waals surface area contributed by atoms with Gasteiger partial charge in [-0.1, -0.05) is 0 Å². The molecule has 0 amide bonds. The highest BCUT2D eigenvalue weighted by Gasteiger charge is 2.17. The molecule has 0 atom stereocenters. The van der Waals surface area contributed by atoms with E-state index in [-0.39, 0.29) is 0 Å². The zero-order valence-electron chi connectivity index (χ0n) is 20.6. The molecule has 184 valence electrons. The van der Waals surface area contributed by atoms with Crippen LogP contribution in [0.4, 0.5) is 16.4 Å². The van der Waals surface area contributed by atoms with Crippen LogP contribution in [0.3, 0.4) is 0 Å². The van der Waals surface area contributed by atoms with Gasteiger partial charge >= 0.3 is 0 Å². The Morgan fingerprint density at radius 3 is 1.70 bits per heavy atom. The minimum Gasteiger partial charge on any atom is -0.497 e. The van der Waals surface area contributed by atoms with Crippen molar-refractivity contribution in [2.24, 2.45) is 0 Å². The third kappa shape index (κ3) is 5.47. The number of allylic oxidation sites excluding steroid dienone is 1. The van der Waals surface area contributed by atoms with E-state index in [1.807, 2.05) is 37.3 Å². The van der Waals surface area contributed by atoms with Crippen molar-refractivity contribution < 1.29 is 9.47 Å². The van der Waals surface area contributed by atoms with Gasteiger partial charge in [-0.25, -0.2) is 0 Å². The molecule has 2 aromatic carbocycles. The summed E-state index contributed by atoms with van der Waals surface area (Å²) in [6.45, 7) is 1.83. The lowest BCUT2D eigenvalue weighted by Crippen LogP contribution is -2.08. The molecule has 4 nitrogen and oxygen atoms in total. The van der Waals surface area contributed by atoms with E-state index < -0.39 is 0 Å². The third-order valence-electron chi connectivity index (χ3n) is 5.73. The predicted molar refractivity (Wildman–Crippen MR) is 158 cm³/mol. The second-order valence-corrected chi connectivity index (χ2v) is 11.4. The van der Waals surface area contributed by atoms with Crippen LogP contribution in [0.2, 0.25) is 0 Å². The SMILES string of the molecule is COc1ccc(N(c2ccc(OC)cc2)c2ccc(-c3ccc(-c4ccc(/C=C(/C)C#N)s4)s3)s2)cc1. The van der Waals surface area contributed by atoms with Crippen molar-refractivity contribution in [1.29, 1.82) is 5.26 Å². The predicted octanol–water partition coefficient (Wildman–Crippen LogP) is 9.62. The van der Waals surface area contributed by atoms with E-state index in [2.05, 4.69) is 71.6 Å². The van der Waals surface area contributed by atoms with Crippen LogP contribution in [-0.2, 0) is 0 Å². The lowest BCUT2D eigenvalue weighted by atomic mass is 10.2. The van der Waals surface area contributed by atoms with Crippen molar-refractivity contribution >= 4 is 56.5 Å². The van der Waals surface area contributed by atoms with Gasteiger partial charge in [0, 0.05) is 41.3 Å². The minimum atomic E-state index is 0.713. The Kier molecular flexibility index (Phi) is 7.42. The molecular formula is C30H24N2O2S3. The number of rotatable bonds is 8. The van der Waals surface area contributed by atoms with E-state index >= 15 is 0 Å². The van der Waals surface area contributed by atoms with Gasteiger partial charge in [0.2, 0.25) is 0 Å². The summed E-state index contributed by atoms with van der Waals surface area (Å²) in [5, 5.41) is 10.2. The van der Waals surface area contributed by atoms with Gasteiger partial charge in [0.1, 0.15) is 16.5 Å². The normalized spacial score (nSPS) is 11.2. The Morgan fingerprint density at radius 2 is 1.16 bits per heavy atom. The Balaban J connectivity index is 1.46. The maximum Gasteiger partial charge on any atom is 0.119 e. The number of methoxy groups -OCH3 is 2. The first-order valence-electron chi connectivity index (χ1n) is 11.5. The Hall–Kier alpha value is -3.83. The van der Waals surface area contributed by atoms with Crippen LogP contribution in [0.15, 0.2) is 90.5 Å². The summed E-state index contributed by atoms with van der Waals surface area (Å²) < 4.78 is 10.7. The maximum atomic E-state index is 9.06. The van der Waals surface area contributed by atoms with Crippen molar-refractivity contribution in [2.75, 3.05) is 19.1 Å². The van der Waals surface area contributed by atoms with Crippen molar-refractivity contribution in [2.45, 2.75) is 6.92 Å². The van der Waals surface area contributed by atoms with E-state index in [0.717, 1.165) is 32.8 Å². The fourth-order valence-electron chi connectivity index (χ4n) is 3.86. The van der Waals surface area contributed by atoms with Gasteiger partial charge in [-0.05, 0) is 97.9 Å². The van der Waals surface area contributed by atoms with Crippen molar-refractivity contribution in [3.8, 4) is 37.1 Å². The first kappa shape index (κ1) is 24.8. The van der Waals surface area contributed by atoms with Gasteiger partial charge in [-0.15, -0.1) is 34.0 Å². The summed E-state index contributed by atoms with van der Waals surface area (Å²) in [5.74, 6) is 1.65. The highest BCUT2D eigenvalue weighted by atomic mass is 32.1. The largest absolute Gasteiger partial charge is 0.497 e. The number of benzene rings is 2. The average Bonchev–Trinajstić information content (AvgIpc) is 3.71. The van der Waals surface area contributed by atoms with Gasteiger partial charge < -0.3 is 14.4 Å². The average molecular weight is 541 g/mol. The Morgan fingerprint density at radius 1 is 0.676 bits per heavy atom. The number of ether oxygens (including phenoxy) is 2. The molecule has 0 bridgehead atoms. The van der Waals surface area contributed by atoms with E-state index in [1.54, 1.807) is 48.2 Å². The molecule has 0 aliphatic carbocycles. The number of anilines is 3. The van der Waals surface area contributed by atoms with Crippen LogP contribution in [-0.4, -0.2) is 14.2 Å². The van der Waals surface area contributed by atoms with Crippen molar-refractivity contribution in [3.05, 3.63) is 95.4 Å². The number of thiophene rings is 3. The molecule has 0 saturated carbocycles. The standard InChI is InChI=1S/C30H24N2O2S3/c1-20(19-31)18-25-12-13-26(35-25)27-14-15-28(36-27)29-16-17-30(37-29)32(21-4-8-23(33-2)9-5-21)22-6-10-24(34-3)11-7-22/h4-18H,1-3H3/b20-18-. The maximum absolute atomic E-state index is 9.06. The first-order valence-corrected chi connectivity index (χ1v) is 14.0. The minimum absolute atomic E-state index is 0.713. The molecule has 5 aromatic rings. The van der Waals surface area contributed by atoms with E-state index in [9.17, 15) is 0 Å². The van der Waals surface area contributed by atoms with Gasteiger partial charge in [-0.3, -0.25) is 0 Å². The van der Waals surface area contributed by atoms with Gasteiger partial charge in [0.25, 0.3) is 0 Å². The highest BCUT2D eigenvalue weighted by Crippen LogP contribution is 2.45. The number of hydrogen-bond acceptors (Lipinski definition) is 7. The zero-order valence-corrected chi connectivity index (χ0v) is 23.0. The summed E-state index contributed by atoms with van der Waals surface area (Å²) in [6.07, 6.45) is 1.93. The van der Waals surface area contributed by atoms with Crippen molar-refractivity contribution in [3.63, 3.8) is 0 Å². The van der Waals surface area contributed by atoms with E-state index in [1.165, 1.54) is 19.5 Å². The van der Waals surface area contributed by atoms with Crippen molar-refractivity contribution in [1.82, 2.24) is 0 Å². The topological polar surface area (TPSA) is 45.5 Å². The fraction of sp³-hybridized carbons (Fsp3) is 0.100. The molecule has 3 aromatic heterocycles. The summed E-state index contributed by atoms with van der Waals surface area (Å²) in [6, 6.07) is 31.3. The van der Waals surface area contributed by atoms with Gasteiger partial charge in [-0.2, -0.15) is 5.26 Å². The quantitative estimate of drug-likeness (QED) is 0.184. The van der Waals surface area contributed by atoms with Crippen LogP contribution in [0.25, 0.3) is 25.6 Å². The molecule has 0 N–H and O–H groups in total. The molecule has 0 spiro atoms. The fourth-order valence-corrected chi connectivity index (χ4v) is 7.10. The number of hydrogen-bond donors (Lipinski definition) is 0. The molecule has 0 saturated heterocycles. The zero-order chi connectivity index (χ0) is 25.8. The van der Waals surface area contributed by atoms with Crippen LogP contribution in [0.5, 0.6) is 11.5 Å².